The number of nitrogens with one attached hydrogen (secondary N) is 1. The Morgan fingerprint density at radius 3 is 1.97 bits per heavy atom. The lowest BCUT2D eigenvalue weighted by Gasteiger charge is -2.18. The van der Waals surface area contributed by atoms with Crippen LogP contribution in [0.5, 0.6) is 0 Å². The van der Waals surface area contributed by atoms with Gasteiger partial charge in [0.25, 0.3) is 11.8 Å². The number of ketones is 3. The fourth-order valence-electron chi connectivity index (χ4n) is 5.24. The summed E-state index contributed by atoms with van der Waals surface area (Å²) in [6.45, 7) is 5.94. The van der Waals surface area contributed by atoms with E-state index in [2.05, 4.69) is 5.32 Å². The molecule has 0 fully saturated rings. The van der Waals surface area contributed by atoms with Crippen LogP contribution in [0, 0.1) is 11.8 Å². The van der Waals surface area contributed by atoms with Gasteiger partial charge in [-0.05, 0) is 81.4 Å². The van der Waals surface area contributed by atoms with Gasteiger partial charge in [0.1, 0.15) is 6.04 Å². The normalized spacial score (nSPS) is 17.9. The zero-order chi connectivity index (χ0) is 28.3. The van der Waals surface area contributed by atoms with E-state index in [4.69, 9.17) is 11.5 Å². The first-order valence-corrected chi connectivity index (χ1v) is 13.6. The lowest BCUT2D eigenvalue weighted by Crippen LogP contribution is -2.40. The number of nitrogens with zero attached hydrogens (tertiary/aromatic N) is 1. The Bertz CT molecular complexity index is 1320. The van der Waals surface area contributed by atoms with Crippen LogP contribution in [0.1, 0.15) is 96.9 Å². The maximum atomic E-state index is 13.4. The van der Waals surface area contributed by atoms with E-state index in [1.807, 2.05) is 13.8 Å². The molecule has 0 spiro atoms. The zero-order valence-corrected chi connectivity index (χ0v) is 22.5. The van der Waals surface area contributed by atoms with Crippen molar-refractivity contribution >= 4 is 29.2 Å². The number of benzene rings is 2. The molecule has 3 atom stereocenters. The summed E-state index contributed by atoms with van der Waals surface area (Å²) in [5.74, 6) is -1.49. The van der Waals surface area contributed by atoms with Gasteiger partial charge < -0.3 is 16.8 Å². The van der Waals surface area contributed by atoms with E-state index < -0.39 is 17.7 Å². The summed E-state index contributed by atoms with van der Waals surface area (Å²) in [5, 5.41) is 3.08. The van der Waals surface area contributed by atoms with E-state index in [1.54, 1.807) is 0 Å². The topological polar surface area (TPSA) is 153 Å². The van der Waals surface area contributed by atoms with Crippen LogP contribution in [0.3, 0.4) is 0 Å². The lowest BCUT2D eigenvalue weighted by atomic mass is 9.96. The van der Waals surface area contributed by atoms with Crippen molar-refractivity contribution in [2.24, 2.45) is 23.3 Å². The van der Waals surface area contributed by atoms with Gasteiger partial charge in [0.05, 0.1) is 11.1 Å². The highest BCUT2D eigenvalue weighted by atomic mass is 16.2. The predicted molar refractivity (Wildman–Crippen MR) is 147 cm³/mol. The summed E-state index contributed by atoms with van der Waals surface area (Å²) in [7, 11) is 0. The average molecular weight is 533 g/mol. The average Bonchev–Trinajstić information content (AvgIpc) is 3.32. The van der Waals surface area contributed by atoms with Gasteiger partial charge >= 0.3 is 0 Å². The van der Waals surface area contributed by atoms with Crippen molar-refractivity contribution in [3.05, 3.63) is 69.8 Å². The summed E-state index contributed by atoms with van der Waals surface area (Å²) in [6, 6.07) is 7.97. The predicted octanol–water partition coefficient (Wildman–Crippen LogP) is 2.60. The van der Waals surface area contributed by atoms with Gasteiger partial charge in [0.15, 0.2) is 17.3 Å². The van der Waals surface area contributed by atoms with Gasteiger partial charge in [-0.25, -0.2) is 0 Å². The third-order valence-electron chi connectivity index (χ3n) is 7.54. The Balaban J connectivity index is 1.50. The Hall–Kier alpha value is -3.53. The van der Waals surface area contributed by atoms with Crippen LogP contribution in [-0.4, -0.2) is 66.3 Å². The summed E-state index contributed by atoms with van der Waals surface area (Å²) < 4.78 is 0. The van der Waals surface area contributed by atoms with Gasteiger partial charge in [-0.3, -0.25) is 28.9 Å². The molecule has 0 aromatic heterocycles. The van der Waals surface area contributed by atoms with Crippen molar-refractivity contribution in [1.29, 1.82) is 0 Å². The summed E-state index contributed by atoms with van der Waals surface area (Å²) in [6.07, 6.45) is 3.37. The number of imide groups is 1. The summed E-state index contributed by atoms with van der Waals surface area (Å²) >= 11 is 0. The fraction of sp³-hybridized carbons (Fsp3) is 0.433. The number of rotatable bonds is 13. The minimum absolute atomic E-state index is 0.107. The molecular weight excluding hydrogens is 496 g/mol. The van der Waals surface area contributed by atoms with Crippen molar-refractivity contribution in [3.8, 4) is 0 Å². The number of nitrogens with two attached hydrogens (primary N) is 2. The summed E-state index contributed by atoms with van der Waals surface area (Å²) in [4.78, 5) is 66.4. The van der Waals surface area contributed by atoms with Gasteiger partial charge in [-0.2, -0.15) is 0 Å². The first-order chi connectivity index (χ1) is 18.7. The molecule has 39 heavy (non-hydrogen) atoms. The maximum Gasteiger partial charge on any atom is 0.261 e. The zero-order valence-electron chi connectivity index (χ0n) is 22.5. The fourth-order valence-corrected chi connectivity index (χ4v) is 5.24. The molecule has 9 heteroatoms. The second-order valence-electron chi connectivity index (χ2n) is 10.7. The number of carbonyl (C=O) groups is 5. The molecule has 206 valence electrons. The van der Waals surface area contributed by atoms with Crippen LogP contribution < -0.4 is 16.8 Å². The highest BCUT2D eigenvalue weighted by molar-refractivity contribution is 6.30. The highest BCUT2D eigenvalue weighted by Gasteiger charge is 2.39. The van der Waals surface area contributed by atoms with E-state index in [9.17, 15) is 24.0 Å². The number of hydrogen-bond acceptors (Lipinski definition) is 8. The Labute approximate surface area is 228 Å². The van der Waals surface area contributed by atoms with E-state index in [1.165, 1.54) is 41.3 Å². The number of fused-ring (bicyclic) bond motifs is 2. The molecule has 5 N–H and O–H groups in total. The van der Waals surface area contributed by atoms with Gasteiger partial charge in [-0.1, -0.05) is 26.0 Å². The van der Waals surface area contributed by atoms with Crippen LogP contribution in [0.15, 0.2) is 36.4 Å². The van der Waals surface area contributed by atoms with E-state index in [0.717, 1.165) is 25.7 Å². The number of carbonyl (C=O) groups excluding carboxylic acids is 5. The number of Topliss-reactive ketones (excluding diaryl/α,β-unsaturated/α-hetero) is 2. The molecule has 0 bridgehead atoms. The number of amides is 2. The second-order valence-corrected chi connectivity index (χ2v) is 10.7. The van der Waals surface area contributed by atoms with Crippen LogP contribution in [-0.2, 0) is 0 Å². The quantitative estimate of drug-likeness (QED) is 0.202. The van der Waals surface area contributed by atoms with Crippen molar-refractivity contribution in [2.75, 3.05) is 26.2 Å². The molecule has 2 aromatic carbocycles. The third kappa shape index (κ3) is 5.75. The lowest BCUT2D eigenvalue weighted by molar-refractivity contribution is 0.0629. The molecule has 2 aromatic rings. The highest BCUT2D eigenvalue weighted by Crippen LogP contribution is 2.28. The molecule has 4 rings (SSSR count). The standard InChI is InChI=1S/C30H36N4O5/c1-17(5-3-11-31)15-33-25-27(36)21-9-7-19(13-23(21)28(25)37)26(35)20-8-10-22-24(14-20)30(39)34(29(22)38)16-18(2)6-4-12-32/h7-10,13-14,17-18,25,33H,3-6,11-12,15-16,31-32H2,1-2H3. The molecule has 1 aliphatic carbocycles. The van der Waals surface area contributed by atoms with Crippen molar-refractivity contribution in [1.82, 2.24) is 10.2 Å². The molecular formula is C30H36N4O5. The second kappa shape index (κ2) is 12.1. The van der Waals surface area contributed by atoms with E-state index in [-0.39, 0.29) is 69.2 Å². The van der Waals surface area contributed by atoms with Crippen molar-refractivity contribution in [2.45, 2.75) is 45.6 Å². The van der Waals surface area contributed by atoms with Crippen molar-refractivity contribution in [3.63, 3.8) is 0 Å². The third-order valence-corrected chi connectivity index (χ3v) is 7.54. The van der Waals surface area contributed by atoms with Gasteiger partial charge in [0.2, 0.25) is 0 Å². The minimum Gasteiger partial charge on any atom is -0.330 e. The van der Waals surface area contributed by atoms with Crippen LogP contribution >= 0.6 is 0 Å². The molecule has 1 aliphatic heterocycles. The first-order valence-electron chi connectivity index (χ1n) is 13.6. The smallest absolute Gasteiger partial charge is 0.261 e. The molecule has 0 saturated heterocycles. The number of hydrogen-bond donors (Lipinski definition) is 3. The molecule has 2 aliphatic rings. The largest absolute Gasteiger partial charge is 0.330 e. The minimum atomic E-state index is -0.965. The molecule has 9 nitrogen and oxygen atoms in total. The molecule has 0 radical (unpaired) electrons. The summed E-state index contributed by atoms with van der Waals surface area (Å²) in [5.41, 5.74) is 12.6. The SMILES string of the molecule is CC(CCCN)CNC1C(=O)c2ccc(C(=O)c3ccc4c(c3)C(=O)N(CC(C)CCCN)C4=O)cc2C1=O. The molecule has 2 amide bonds. The first kappa shape index (κ1) is 28.5. The van der Waals surface area contributed by atoms with Crippen LogP contribution in [0.25, 0.3) is 0 Å². The Morgan fingerprint density at radius 2 is 1.33 bits per heavy atom. The van der Waals surface area contributed by atoms with Crippen LogP contribution in [0.4, 0.5) is 0 Å². The Kier molecular flexibility index (Phi) is 8.84. The molecule has 0 saturated carbocycles. The van der Waals surface area contributed by atoms with Gasteiger partial charge in [-0.15, -0.1) is 0 Å². The van der Waals surface area contributed by atoms with Gasteiger partial charge in [0, 0.05) is 28.8 Å². The molecule has 3 unspecified atom stereocenters. The Morgan fingerprint density at radius 1 is 0.795 bits per heavy atom. The maximum absolute atomic E-state index is 13.4. The monoisotopic (exact) mass is 532 g/mol. The van der Waals surface area contributed by atoms with E-state index in [0.29, 0.717) is 19.6 Å². The van der Waals surface area contributed by atoms with Crippen LogP contribution in [0.2, 0.25) is 0 Å². The molecule has 1 heterocycles. The van der Waals surface area contributed by atoms with E-state index >= 15 is 0 Å². The van der Waals surface area contributed by atoms with Crippen molar-refractivity contribution < 1.29 is 24.0 Å².